The quantitative estimate of drug-likeness (QED) is 0.862. The molecule has 1 fully saturated rings. The Balaban J connectivity index is 2.26. The lowest BCUT2D eigenvalue weighted by molar-refractivity contribution is 0.444. The number of rotatable bonds is 4. The fourth-order valence-corrected chi connectivity index (χ4v) is 4.48. The molecule has 5 heteroatoms. The first-order valence-corrected chi connectivity index (χ1v) is 8.25. The molecular weight excluding hydrogens is 260 g/mol. The number of sulfonamides is 1. The smallest absolute Gasteiger partial charge is 0.243 e. The fourth-order valence-electron chi connectivity index (χ4n) is 2.69. The second-order valence-corrected chi connectivity index (χ2v) is 7.24. The Morgan fingerprint density at radius 1 is 1.42 bits per heavy atom. The average molecular weight is 282 g/mol. The molecule has 19 heavy (non-hydrogen) atoms. The van der Waals surface area contributed by atoms with Crippen LogP contribution in [0.1, 0.15) is 31.7 Å². The number of nitrogen functional groups attached to an aromatic ring is 1. The predicted molar refractivity (Wildman–Crippen MR) is 77.4 cm³/mol. The van der Waals surface area contributed by atoms with Crippen molar-refractivity contribution < 1.29 is 8.42 Å². The number of anilines is 1. The number of nitrogens with two attached hydrogens (primary N) is 1. The van der Waals surface area contributed by atoms with E-state index in [0.717, 1.165) is 24.8 Å². The summed E-state index contributed by atoms with van der Waals surface area (Å²) in [6.07, 6.45) is 3.17. The normalized spacial score (nSPS) is 20.8. The van der Waals surface area contributed by atoms with Crippen molar-refractivity contribution in [2.75, 3.05) is 18.8 Å². The van der Waals surface area contributed by atoms with Gasteiger partial charge in [-0.15, -0.1) is 0 Å². The molecule has 1 unspecified atom stereocenters. The van der Waals surface area contributed by atoms with E-state index in [2.05, 4.69) is 6.92 Å². The molecule has 1 aliphatic rings. The summed E-state index contributed by atoms with van der Waals surface area (Å²) in [4.78, 5) is 0.352. The van der Waals surface area contributed by atoms with Crippen LogP contribution in [0, 0.1) is 12.8 Å². The van der Waals surface area contributed by atoms with Gasteiger partial charge < -0.3 is 5.73 Å². The van der Waals surface area contributed by atoms with Gasteiger partial charge in [-0.3, -0.25) is 0 Å². The van der Waals surface area contributed by atoms with Gasteiger partial charge >= 0.3 is 0 Å². The third-order valence-corrected chi connectivity index (χ3v) is 5.78. The Kier molecular flexibility index (Phi) is 4.16. The molecular formula is C14H22N2O2S. The van der Waals surface area contributed by atoms with Crippen molar-refractivity contribution in [1.29, 1.82) is 0 Å². The van der Waals surface area contributed by atoms with Crippen LogP contribution in [0.5, 0.6) is 0 Å². The molecule has 0 saturated carbocycles. The molecule has 0 bridgehead atoms. The van der Waals surface area contributed by atoms with Gasteiger partial charge in [-0.05, 0) is 43.4 Å². The Labute approximate surface area is 115 Å². The highest BCUT2D eigenvalue weighted by Gasteiger charge is 2.32. The average Bonchev–Trinajstić information content (AvgIpc) is 2.82. The maximum atomic E-state index is 12.6. The Morgan fingerprint density at radius 2 is 2.16 bits per heavy atom. The highest BCUT2D eigenvalue weighted by atomic mass is 32.2. The van der Waals surface area contributed by atoms with Gasteiger partial charge in [-0.2, -0.15) is 4.31 Å². The number of hydrogen-bond donors (Lipinski definition) is 1. The van der Waals surface area contributed by atoms with E-state index in [9.17, 15) is 8.42 Å². The summed E-state index contributed by atoms with van der Waals surface area (Å²) >= 11 is 0. The Hall–Kier alpha value is -1.07. The number of benzene rings is 1. The second kappa shape index (κ2) is 5.51. The molecule has 0 radical (unpaired) electrons. The van der Waals surface area contributed by atoms with Gasteiger partial charge in [0.1, 0.15) is 0 Å². The largest absolute Gasteiger partial charge is 0.399 e. The van der Waals surface area contributed by atoms with E-state index in [1.165, 1.54) is 0 Å². The van der Waals surface area contributed by atoms with Crippen molar-refractivity contribution in [3.63, 3.8) is 0 Å². The van der Waals surface area contributed by atoms with Crippen LogP contribution in [0.4, 0.5) is 5.69 Å². The SMILES string of the molecule is CCCC1CCN(S(=O)(=O)c2cc(N)ccc2C)C1. The van der Waals surface area contributed by atoms with Crippen LogP contribution < -0.4 is 5.73 Å². The van der Waals surface area contributed by atoms with E-state index < -0.39 is 10.0 Å². The summed E-state index contributed by atoms with van der Waals surface area (Å²) in [6.45, 7) is 5.22. The van der Waals surface area contributed by atoms with Crippen LogP contribution in [-0.2, 0) is 10.0 Å². The van der Waals surface area contributed by atoms with Crippen LogP contribution >= 0.6 is 0 Å². The molecule has 1 aliphatic heterocycles. The van der Waals surface area contributed by atoms with Crippen molar-refractivity contribution in [2.45, 2.75) is 38.0 Å². The van der Waals surface area contributed by atoms with Crippen molar-refractivity contribution in [1.82, 2.24) is 4.31 Å². The highest BCUT2D eigenvalue weighted by molar-refractivity contribution is 7.89. The van der Waals surface area contributed by atoms with Gasteiger partial charge in [0, 0.05) is 18.8 Å². The maximum Gasteiger partial charge on any atom is 0.243 e. The summed E-state index contributed by atoms with van der Waals surface area (Å²) < 4.78 is 26.9. The molecule has 106 valence electrons. The van der Waals surface area contributed by atoms with Gasteiger partial charge in [-0.1, -0.05) is 19.4 Å². The van der Waals surface area contributed by atoms with Crippen LogP contribution in [0.15, 0.2) is 23.1 Å². The second-order valence-electron chi connectivity index (χ2n) is 5.33. The summed E-state index contributed by atoms with van der Waals surface area (Å²) in [5.74, 6) is 0.501. The first-order chi connectivity index (χ1) is 8.95. The molecule has 0 amide bonds. The molecule has 0 aromatic heterocycles. The van der Waals surface area contributed by atoms with Gasteiger partial charge in [0.2, 0.25) is 10.0 Å². The lowest BCUT2D eigenvalue weighted by Gasteiger charge is -2.18. The van der Waals surface area contributed by atoms with Gasteiger partial charge in [0.15, 0.2) is 0 Å². The third kappa shape index (κ3) is 2.92. The van der Waals surface area contributed by atoms with Crippen LogP contribution in [0.25, 0.3) is 0 Å². The zero-order chi connectivity index (χ0) is 14.0. The van der Waals surface area contributed by atoms with E-state index in [1.54, 1.807) is 22.5 Å². The number of hydrogen-bond acceptors (Lipinski definition) is 3. The highest BCUT2D eigenvalue weighted by Crippen LogP contribution is 2.29. The van der Waals surface area contributed by atoms with Crippen molar-refractivity contribution >= 4 is 15.7 Å². The van der Waals surface area contributed by atoms with Crippen LogP contribution in [0.2, 0.25) is 0 Å². The van der Waals surface area contributed by atoms with E-state index in [4.69, 9.17) is 5.73 Å². The Morgan fingerprint density at radius 3 is 2.84 bits per heavy atom. The zero-order valence-corrected chi connectivity index (χ0v) is 12.4. The molecule has 2 N–H and O–H groups in total. The molecule has 1 atom stereocenters. The maximum absolute atomic E-state index is 12.6. The monoisotopic (exact) mass is 282 g/mol. The molecule has 2 rings (SSSR count). The van der Waals surface area contributed by atoms with Crippen molar-refractivity contribution in [2.24, 2.45) is 5.92 Å². The standard InChI is InChI=1S/C14H22N2O2S/c1-3-4-12-7-8-16(10-12)19(17,18)14-9-13(15)6-5-11(14)2/h5-6,9,12H,3-4,7-8,10,15H2,1-2H3. The first-order valence-electron chi connectivity index (χ1n) is 6.81. The molecule has 1 aromatic rings. The van der Waals surface area contributed by atoms with Gasteiger partial charge in [0.05, 0.1) is 4.90 Å². The van der Waals surface area contributed by atoms with Gasteiger partial charge in [-0.25, -0.2) is 8.42 Å². The summed E-state index contributed by atoms with van der Waals surface area (Å²) in [5, 5.41) is 0. The summed E-state index contributed by atoms with van der Waals surface area (Å²) in [6, 6.07) is 5.07. The molecule has 1 heterocycles. The fraction of sp³-hybridized carbons (Fsp3) is 0.571. The van der Waals surface area contributed by atoms with E-state index in [0.29, 0.717) is 29.6 Å². The zero-order valence-electron chi connectivity index (χ0n) is 11.6. The van der Waals surface area contributed by atoms with Gasteiger partial charge in [0.25, 0.3) is 0 Å². The first kappa shape index (κ1) is 14.3. The van der Waals surface area contributed by atoms with E-state index >= 15 is 0 Å². The van der Waals surface area contributed by atoms with Crippen LogP contribution in [-0.4, -0.2) is 25.8 Å². The lowest BCUT2D eigenvalue weighted by Crippen LogP contribution is -2.29. The van der Waals surface area contributed by atoms with E-state index in [-0.39, 0.29) is 0 Å². The minimum absolute atomic E-state index is 0.352. The van der Waals surface area contributed by atoms with Crippen molar-refractivity contribution in [3.8, 4) is 0 Å². The minimum Gasteiger partial charge on any atom is -0.399 e. The van der Waals surface area contributed by atoms with E-state index in [1.807, 2.05) is 6.92 Å². The Bertz CT molecular complexity index is 555. The predicted octanol–water partition coefficient (Wildman–Crippen LogP) is 2.39. The molecule has 4 nitrogen and oxygen atoms in total. The lowest BCUT2D eigenvalue weighted by atomic mass is 10.0. The van der Waals surface area contributed by atoms with Crippen LogP contribution in [0.3, 0.4) is 0 Å². The molecule has 1 aromatic carbocycles. The molecule has 1 saturated heterocycles. The number of nitrogens with zero attached hydrogens (tertiary/aromatic N) is 1. The molecule has 0 spiro atoms. The topological polar surface area (TPSA) is 63.4 Å². The number of aryl methyl sites for hydroxylation is 1. The molecule has 0 aliphatic carbocycles. The minimum atomic E-state index is -3.39. The third-order valence-electron chi connectivity index (χ3n) is 3.78. The van der Waals surface area contributed by atoms with Crippen molar-refractivity contribution in [3.05, 3.63) is 23.8 Å². The summed E-state index contributed by atoms with van der Waals surface area (Å²) in [7, 11) is -3.39. The summed E-state index contributed by atoms with van der Waals surface area (Å²) in [5.41, 5.74) is 6.97.